The van der Waals surface area contributed by atoms with Crippen molar-refractivity contribution in [1.29, 1.82) is 0 Å². The molecule has 1 aromatic heterocycles. The Hall–Kier alpha value is -1.38. The molecule has 0 unspecified atom stereocenters. The molecule has 1 fully saturated rings. The van der Waals surface area contributed by atoms with E-state index in [9.17, 15) is 4.79 Å². The van der Waals surface area contributed by atoms with E-state index < -0.39 is 5.97 Å². The molecule has 0 aliphatic heterocycles. The van der Waals surface area contributed by atoms with Crippen molar-refractivity contribution in [2.75, 3.05) is 0 Å². The van der Waals surface area contributed by atoms with Crippen LogP contribution in [0.1, 0.15) is 49.3 Å². The van der Waals surface area contributed by atoms with Gasteiger partial charge in [-0.1, -0.05) is 19.3 Å². The highest BCUT2D eigenvalue weighted by atomic mass is 16.4. The van der Waals surface area contributed by atoms with Gasteiger partial charge in [0, 0.05) is 17.8 Å². The molecule has 1 aliphatic carbocycles. The van der Waals surface area contributed by atoms with Crippen LogP contribution in [0.15, 0.2) is 18.3 Å². The highest BCUT2D eigenvalue weighted by Crippen LogP contribution is 2.31. The van der Waals surface area contributed by atoms with Crippen LogP contribution >= 0.6 is 0 Å². The van der Waals surface area contributed by atoms with E-state index >= 15 is 0 Å². The van der Waals surface area contributed by atoms with Crippen molar-refractivity contribution in [2.45, 2.75) is 44.4 Å². The van der Waals surface area contributed by atoms with Crippen molar-refractivity contribution in [3.8, 4) is 0 Å². The van der Waals surface area contributed by atoms with Crippen LogP contribution < -0.4 is 0 Å². The molecule has 2 rings (SSSR count). The molecule has 0 atom stereocenters. The summed E-state index contributed by atoms with van der Waals surface area (Å²) in [5.74, 6) is -0.233. The zero-order chi connectivity index (χ0) is 11.4. The van der Waals surface area contributed by atoms with Gasteiger partial charge in [0.2, 0.25) is 0 Å². The quantitative estimate of drug-likeness (QED) is 0.850. The van der Waals surface area contributed by atoms with E-state index in [0.29, 0.717) is 5.92 Å². The van der Waals surface area contributed by atoms with Gasteiger partial charge in [-0.15, -0.1) is 0 Å². The van der Waals surface area contributed by atoms with Gasteiger partial charge in [-0.25, -0.2) is 0 Å². The maximum Gasteiger partial charge on any atom is 0.307 e. The first-order valence-electron chi connectivity index (χ1n) is 5.92. The zero-order valence-corrected chi connectivity index (χ0v) is 9.35. The van der Waals surface area contributed by atoms with Crippen LogP contribution in [0, 0.1) is 0 Å². The number of carboxylic acids is 1. The SMILES string of the molecule is O=C(O)Cc1ccnc(C2CCCCC2)c1. The van der Waals surface area contributed by atoms with E-state index in [2.05, 4.69) is 4.98 Å². The number of carboxylic acid groups (broad SMARTS) is 1. The standard InChI is InChI=1S/C13H17NO2/c15-13(16)9-10-6-7-14-12(8-10)11-4-2-1-3-5-11/h6-8,11H,1-5,9H2,(H,15,16). The minimum absolute atomic E-state index is 0.0994. The number of hydrogen-bond donors (Lipinski definition) is 1. The molecular formula is C13H17NO2. The minimum Gasteiger partial charge on any atom is -0.481 e. The van der Waals surface area contributed by atoms with Crippen LogP contribution in [0.3, 0.4) is 0 Å². The summed E-state index contributed by atoms with van der Waals surface area (Å²) in [5.41, 5.74) is 1.95. The molecule has 16 heavy (non-hydrogen) atoms. The third-order valence-corrected chi connectivity index (χ3v) is 3.22. The fourth-order valence-electron chi connectivity index (χ4n) is 2.40. The number of nitrogens with zero attached hydrogens (tertiary/aromatic N) is 1. The Morgan fingerprint density at radius 3 is 2.81 bits per heavy atom. The maximum atomic E-state index is 10.6. The van der Waals surface area contributed by atoms with Gasteiger partial charge < -0.3 is 5.11 Å². The fraction of sp³-hybridized carbons (Fsp3) is 0.538. The summed E-state index contributed by atoms with van der Waals surface area (Å²) in [5, 5.41) is 8.75. The molecule has 0 bridgehead atoms. The normalized spacial score (nSPS) is 17.2. The average molecular weight is 219 g/mol. The van der Waals surface area contributed by atoms with E-state index in [0.717, 1.165) is 11.3 Å². The van der Waals surface area contributed by atoms with Crippen LogP contribution in [-0.4, -0.2) is 16.1 Å². The molecule has 1 aliphatic rings. The monoisotopic (exact) mass is 219 g/mol. The lowest BCUT2D eigenvalue weighted by molar-refractivity contribution is -0.136. The Morgan fingerprint density at radius 1 is 1.38 bits per heavy atom. The van der Waals surface area contributed by atoms with Gasteiger partial charge in [-0.2, -0.15) is 0 Å². The van der Waals surface area contributed by atoms with Gasteiger partial charge in [-0.3, -0.25) is 9.78 Å². The summed E-state index contributed by atoms with van der Waals surface area (Å²) in [6.45, 7) is 0. The van der Waals surface area contributed by atoms with Crippen molar-refractivity contribution in [3.05, 3.63) is 29.6 Å². The summed E-state index contributed by atoms with van der Waals surface area (Å²) in [4.78, 5) is 15.0. The van der Waals surface area contributed by atoms with Crippen molar-refractivity contribution >= 4 is 5.97 Å². The molecule has 0 amide bonds. The van der Waals surface area contributed by atoms with Crippen LogP contribution in [0.4, 0.5) is 0 Å². The number of aromatic nitrogens is 1. The molecule has 3 heteroatoms. The molecule has 86 valence electrons. The zero-order valence-electron chi connectivity index (χ0n) is 9.35. The molecule has 1 N–H and O–H groups in total. The minimum atomic E-state index is -0.777. The second-order valence-corrected chi connectivity index (χ2v) is 4.49. The largest absolute Gasteiger partial charge is 0.481 e. The van der Waals surface area contributed by atoms with Crippen LogP contribution in [0.25, 0.3) is 0 Å². The Bertz CT molecular complexity index is 370. The highest BCUT2D eigenvalue weighted by Gasteiger charge is 2.17. The maximum absolute atomic E-state index is 10.6. The summed E-state index contributed by atoms with van der Waals surface area (Å²) in [6, 6.07) is 3.75. The second kappa shape index (κ2) is 5.10. The molecule has 1 heterocycles. The molecular weight excluding hydrogens is 202 g/mol. The smallest absolute Gasteiger partial charge is 0.307 e. The third-order valence-electron chi connectivity index (χ3n) is 3.22. The summed E-state index contributed by atoms with van der Waals surface area (Å²) >= 11 is 0. The predicted molar refractivity (Wildman–Crippen MR) is 61.4 cm³/mol. The number of hydrogen-bond acceptors (Lipinski definition) is 2. The Morgan fingerprint density at radius 2 is 2.12 bits per heavy atom. The van der Waals surface area contributed by atoms with E-state index in [1.165, 1.54) is 32.1 Å². The van der Waals surface area contributed by atoms with Crippen molar-refractivity contribution in [3.63, 3.8) is 0 Å². The van der Waals surface area contributed by atoms with Crippen molar-refractivity contribution in [1.82, 2.24) is 4.98 Å². The summed E-state index contributed by atoms with van der Waals surface area (Å²) in [6.07, 6.45) is 8.10. The van der Waals surface area contributed by atoms with Crippen molar-refractivity contribution < 1.29 is 9.90 Å². The second-order valence-electron chi connectivity index (χ2n) is 4.49. The Labute approximate surface area is 95.5 Å². The molecule has 1 aromatic rings. The molecule has 0 saturated heterocycles. The van der Waals surface area contributed by atoms with E-state index in [-0.39, 0.29) is 6.42 Å². The van der Waals surface area contributed by atoms with Crippen LogP contribution in [0.5, 0.6) is 0 Å². The van der Waals surface area contributed by atoms with Gasteiger partial charge in [0.15, 0.2) is 0 Å². The van der Waals surface area contributed by atoms with E-state index in [1.807, 2.05) is 6.07 Å². The first-order chi connectivity index (χ1) is 7.75. The lowest BCUT2D eigenvalue weighted by Gasteiger charge is -2.21. The number of carbonyl (C=O) groups is 1. The Kier molecular flexibility index (Phi) is 3.54. The molecule has 0 spiro atoms. The van der Waals surface area contributed by atoms with E-state index in [4.69, 9.17) is 5.11 Å². The van der Waals surface area contributed by atoms with Gasteiger partial charge in [0.25, 0.3) is 0 Å². The number of pyridine rings is 1. The van der Waals surface area contributed by atoms with Gasteiger partial charge in [-0.05, 0) is 30.5 Å². The fourth-order valence-corrected chi connectivity index (χ4v) is 2.40. The number of rotatable bonds is 3. The number of aliphatic carboxylic acids is 1. The first-order valence-corrected chi connectivity index (χ1v) is 5.92. The lowest BCUT2D eigenvalue weighted by Crippen LogP contribution is -2.08. The van der Waals surface area contributed by atoms with Crippen LogP contribution in [-0.2, 0) is 11.2 Å². The topological polar surface area (TPSA) is 50.2 Å². The lowest BCUT2D eigenvalue weighted by atomic mass is 9.86. The predicted octanol–water partition coefficient (Wildman–Crippen LogP) is 2.76. The van der Waals surface area contributed by atoms with Gasteiger partial charge >= 0.3 is 5.97 Å². The van der Waals surface area contributed by atoms with Crippen LogP contribution in [0.2, 0.25) is 0 Å². The third kappa shape index (κ3) is 2.81. The van der Waals surface area contributed by atoms with Gasteiger partial charge in [0.1, 0.15) is 0 Å². The summed E-state index contributed by atoms with van der Waals surface area (Å²) < 4.78 is 0. The molecule has 0 aromatic carbocycles. The summed E-state index contributed by atoms with van der Waals surface area (Å²) in [7, 11) is 0. The van der Waals surface area contributed by atoms with E-state index in [1.54, 1.807) is 12.3 Å². The van der Waals surface area contributed by atoms with Gasteiger partial charge in [0.05, 0.1) is 6.42 Å². The Balaban J connectivity index is 2.11. The molecule has 1 saturated carbocycles. The highest BCUT2D eigenvalue weighted by molar-refractivity contribution is 5.70. The average Bonchev–Trinajstić information content (AvgIpc) is 2.30. The van der Waals surface area contributed by atoms with Crippen molar-refractivity contribution in [2.24, 2.45) is 0 Å². The first kappa shape index (κ1) is 11.1. The molecule has 0 radical (unpaired) electrons. The molecule has 3 nitrogen and oxygen atoms in total.